The molecule has 1 aromatic heterocycles. The SMILES string of the molecule is FC(F)(F)c1ccnc(NCc2ccc(-c3ccc4c(c3)CCO4)cc2)n1. The fourth-order valence-corrected chi connectivity index (χ4v) is 2.96. The Morgan fingerprint density at radius 1 is 1.00 bits per heavy atom. The number of anilines is 1. The van der Waals surface area contributed by atoms with Crippen molar-refractivity contribution in [3.05, 3.63) is 71.5 Å². The number of hydrogen-bond acceptors (Lipinski definition) is 4. The Hall–Kier alpha value is -3.09. The van der Waals surface area contributed by atoms with Gasteiger partial charge >= 0.3 is 6.18 Å². The second-order valence-electron chi connectivity index (χ2n) is 6.23. The molecule has 0 saturated heterocycles. The van der Waals surface area contributed by atoms with Gasteiger partial charge in [0.25, 0.3) is 0 Å². The quantitative estimate of drug-likeness (QED) is 0.722. The Balaban J connectivity index is 1.44. The standard InChI is InChI=1S/C20H16F3N3O/c21-20(22,23)18-7-9-24-19(26-18)25-12-13-1-3-14(4-2-13)15-5-6-17-16(11-15)8-10-27-17/h1-7,9,11H,8,10,12H2,(H,24,25,26). The first-order valence-corrected chi connectivity index (χ1v) is 8.48. The molecule has 1 aliphatic heterocycles. The molecule has 4 rings (SSSR count). The Bertz CT molecular complexity index is 955. The monoisotopic (exact) mass is 371 g/mol. The average molecular weight is 371 g/mol. The third-order valence-electron chi connectivity index (χ3n) is 4.37. The van der Waals surface area contributed by atoms with Crippen LogP contribution in [0.3, 0.4) is 0 Å². The van der Waals surface area contributed by atoms with E-state index < -0.39 is 11.9 Å². The highest BCUT2D eigenvalue weighted by atomic mass is 19.4. The lowest BCUT2D eigenvalue weighted by molar-refractivity contribution is -0.141. The highest BCUT2D eigenvalue weighted by Gasteiger charge is 2.32. The molecule has 0 unspecified atom stereocenters. The number of aromatic nitrogens is 2. The molecule has 3 aromatic rings. The van der Waals surface area contributed by atoms with Crippen molar-refractivity contribution >= 4 is 5.95 Å². The zero-order valence-electron chi connectivity index (χ0n) is 14.3. The van der Waals surface area contributed by atoms with Gasteiger partial charge in [-0.3, -0.25) is 0 Å². The van der Waals surface area contributed by atoms with Crippen LogP contribution in [-0.2, 0) is 19.1 Å². The van der Waals surface area contributed by atoms with Gasteiger partial charge in [-0.1, -0.05) is 30.3 Å². The van der Waals surface area contributed by atoms with Crippen LogP contribution < -0.4 is 10.1 Å². The number of halogens is 3. The number of nitrogens with one attached hydrogen (secondary N) is 1. The first-order chi connectivity index (χ1) is 13.0. The van der Waals surface area contributed by atoms with Gasteiger partial charge in [-0.15, -0.1) is 0 Å². The number of nitrogens with zero attached hydrogens (tertiary/aromatic N) is 2. The highest BCUT2D eigenvalue weighted by Crippen LogP contribution is 2.31. The average Bonchev–Trinajstić information content (AvgIpc) is 3.14. The van der Waals surface area contributed by atoms with Crippen molar-refractivity contribution in [3.63, 3.8) is 0 Å². The van der Waals surface area contributed by atoms with E-state index in [4.69, 9.17) is 4.74 Å². The Morgan fingerprint density at radius 3 is 2.56 bits per heavy atom. The molecule has 0 bridgehead atoms. The molecule has 0 amide bonds. The lowest BCUT2D eigenvalue weighted by atomic mass is 10.0. The van der Waals surface area contributed by atoms with Crippen LogP contribution in [0.1, 0.15) is 16.8 Å². The van der Waals surface area contributed by atoms with E-state index in [1.807, 2.05) is 36.4 Å². The molecule has 4 nitrogen and oxygen atoms in total. The predicted octanol–water partition coefficient (Wildman–Crippen LogP) is 4.71. The van der Waals surface area contributed by atoms with E-state index in [1.165, 1.54) is 5.56 Å². The van der Waals surface area contributed by atoms with Crippen molar-refractivity contribution < 1.29 is 17.9 Å². The van der Waals surface area contributed by atoms with Gasteiger partial charge in [0.1, 0.15) is 11.4 Å². The molecular formula is C20H16F3N3O. The van der Waals surface area contributed by atoms with Crippen molar-refractivity contribution in [1.82, 2.24) is 9.97 Å². The zero-order chi connectivity index (χ0) is 18.9. The molecule has 0 aliphatic carbocycles. The number of rotatable bonds is 4. The van der Waals surface area contributed by atoms with E-state index in [-0.39, 0.29) is 5.95 Å². The number of hydrogen-bond donors (Lipinski definition) is 1. The smallest absolute Gasteiger partial charge is 0.433 e. The first kappa shape index (κ1) is 17.3. The van der Waals surface area contributed by atoms with E-state index >= 15 is 0 Å². The van der Waals surface area contributed by atoms with Gasteiger partial charge in [-0.25, -0.2) is 9.97 Å². The molecule has 27 heavy (non-hydrogen) atoms. The molecule has 7 heteroatoms. The highest BCUT2D eigenvalue weighted by molar-refractivity contribution is 5.66. The summed E-state index contributed by atoms with van der Waals surface area (Å²) in [5.41, 5.74) is 3.35. The molecule has 138 valence electrons. The van der Waals surface area contributed by atoms with Crippen LogP contribution in [0.15, 0.2) is 54.7 Å². The van der Waals surface area contributed by atoms with Crippen molar-refractivity contribution in [2.24, 2.45) is 0 Å². The maximum atomic E-state index is 12.7. The summed E-state index contributed by atoms with van der Waals surface area (Å²) in [6, 6.07) is 14.8. The fourth-order valence-electron chi connectivity index (χ4n) is 2.96. The van der Waals surface area contributed by atoms with Gasteiger partial charge in [-0.2, -0.15) is 13.2 Å². The van der Waals surface area contributed by atoms with Gasteiger partial charge in [-0.05, 0) is 40.5 Å². The third-order valence-corrected chi connectivity index (χ3v) is 4.37. The summed E-state index contributed by atoms with van der Waals surface area (Å²) in [5, 5.41) is 2.83. The van der Waals surface area contributed by atoms with Crippen LogP contribution >= 0.6 is 0 Å². The van der Waals surface area contributed by atoms with Gasteiger partial charge in [0.15, 0.2) is 0 Å². The Kier molecular flexibility index (Phi) is 4.43. The minimum absolute atomic E-state index is 0.0486. The molecule has 0 radical (unpaired) electrons. The summed E-state index contributed by atoms with van der Waals surface area (Å²) in [7, 11) is 0. The van der Waals surface area contributed by atoms with Crippen LogP contribution in [-0.4, -0.2) is 16.6 Å². The van der Waals surface area contributed by atoms with Gasteiger partial charge in [0.2, 0.25) is 5.95 Å². The Labute approximate surface area is 154 Å². The first-order valence-electron chi connectivity index (χ1n) is 8.48. The molecule has 0 fully saturated rings. The second kappa shape index (κ2) is 6.90. The summed E-state index contributed by atoms with van der Waals surface area (Å²) < 4.78 is 43.6. The number of alkyl halides is 3. The van der Waals surface area contributed by atoms with E-state index in [0.29, 0.717) is 6.54 Å². The topological polar surface area (TPSA) is 47.0 Å². The summed E-state index contributed by atoms with van der Waals surface area (Å²) in [5.74, 6) is 0.896. The molecule has 1 aliphatic rings. The second-order valence-corrected chi connectivity index (χ2v) is 6.23. The lowest BCUT2D eigenvalue weighted by Gasteiger charge is -2.09. The van der Waals surface area contributed by atoms with Gasteiger partial charge < -0.3 is 10.1 Å². The van der Waals surface area contributed by atoms with Crippen LogP contribution in [0.4, 0.5) is 19.1 Å². The van der Waals surface area contributed by atoms with Crippen molar-refractivity contribution in [1.29, 1.82) is 0 Å². The lowest BCUT2D eigenvalue weighted by Crippen LogP contribution is -2.11. The summed E-state index contributed by atoms with van der Waals surface area (Å²) in [6.07, 6.45) is -2.47. The van der Waals surface area contributed by atoms with E-state index in [1.54, 1.807) is 0 Å². The largest absolute Gasteiger partial charge is 0.493 e. The zero-order valence-corrected chi connectivity index (χ0v) is 14.3. The van der Waals surface area contributed by atoms with E-state index in [9.17, 15) is 13.2 Å². The molecule has 2 aromatic carbocycles. The molecule has 0 saturated carbocycles. The number of ether oxygens (including phenoxy) is 1. The minimum atomic E-state index is -4.48. The van der Waals surface area contributed by atoms with Crippen LogP contribution in [0.25, 0.3) is 11.1 Å². The van der Waals surface area contributed by atoms with Gasteiger partial charge in [0.05, 0.1) is 6.61 Å². The summed E-state index contributed by atoms with van der Waals surface area (Å²) in [6.45, 7) is 1.06. The number of benzene rings is 2. The van der Waals surface area contributed by atoms with Crippen molar-refractivity contribution in [3.8, 4) is 16.9 Å². The fraction of sp³-hybridized carbons (Fsp3) is 0.200. The normalized spacial score (nSPS) is 13.1. The molecule has 2 heterocycles. The van der Waals surface area contributed by atoms with Gasteiger partial charge in [0, 0.05) is 19.2 Å². The predicted molar refractivity (Wildman–Crippen MR) is 95.4 cm³/mol. The van der Waals surface area contributed by atoms with E-state index in [2.05, 4.69) is 21.4 Å². The maximum absolute atomic E-state index is 12.7. The molecule has 0 spiro atoms. The summed E-state index contributed by atoms with van der Waals surface area (Å²) >= 11 is 0. The van der Waals surface area contributed by atoms with E-state index in [0.717, 1.165) is 47.7 Å². The molecule has 0 atom stereocenters. The minimum Gasteiger partial charge on any atom is -0.493 e. The Morgan fingerprint density at radius 2 is 1.78 bits per heavy atom. The van der Waals surface area contributed by atoms with Crippen LogP contribution in [0.2, 0.25) is 0 Å². The summed E-state index contributed by atoms with van der Waals surface area (Å²) in [4.78, 5) is 7.33. The van der Waals surface area contributed by atoms with Crippen molar-refractivity contribution in [2.45, 2.75) is 19.1 Å². The van der Waals surface area contributed by atoms with Crippen LogP contribution in [0, 0.1) is 0 Å². The van der Waals surface area contributed by atoms with Crippen LogP contribution in [0.5, 0.6) is 5.75 Å². The molecular weight excluding hydrogens is 355 g/mol. The maximum Gasteiger partial charge on any atom is 0.433 e. The third kappa shape index (κ3) is 3.86. The molecule has 1 N–H and O–H groups in total. The number of fused-ring (bicyclic) bond motifs is 1. The van der Waals surface area contributed by atoms with Crippen molar-refractivity contribution in [2.75, 3.05) is 11.9 Å².